The smallest absolute Gasteiger partial charge is 0.266 e. The Labute approximate surface area is 202 Å². The maximum absolute atomic E-state index is 14.7. The van der Waals surface area contributed by atoms with Crippen LogP contribution in [-0.4, -0.2) is 39.0 Å². The van der Waals surface area contributed by atoms with Gasteiger partial charge in [-0.05, 0) is 71.2 Å². The first-order chi connectivity index (χ1) is 16.2. The zero-order valence-electron chi connectivity index (χ0n) is 19.7. The lowest BCUT2D eigenvalue weighted by atomic mass is 9.89. The van der Waals surface area contributed by atoms with E-state index in [0.717, 1.165) is 37.6 Å². The second kappa shape index (κ2) is 10.0. The van der Waals surface area contributed by atoms with Crippen LogP contribution in [0.1, 0.15) is 74.5 Å². The molecule has 0 saturated carbocycles. The van der Waals surface area contributed by atoms with Gasteiger partial charge < -0.3 is 10.2 Å². The summed E-state index contributed by atoms with van der Waals surface area (Å²) in [5, 5.41) is 4.30. The SMILES string of the molecule is Cc1nc(N[C@H](C)c2cccc(C(F)F)c2F)c2cc(C3CCN(C(C)C)CC3)c(Cl)nc2n1. The molecule has 182 valence electrons. The molecule has 0 radical (unpaired) electrons. The molecule has 5 nitrogen and oxygen atoms in total. The van der Waals surface area contributed by atoms with Gasteiger partial charge in [0.05, 0.1) is 17.0 Å². The Morgan fingerprint density at radius 3 is 2.38 bits per heavy atom. The Kier molecular flexibility index (Phi) is 7.28. The Hall–Kier alpha value is -2.45. The summed E-state index contributed by atoms with van der Waals surface area (Å²) in [6.07, 6.45) is -0.934. The summed E-state index contributed by atoms with van der Waals surface area (Å²) < 4.78 is 41.1. The number of pyridine rings is 1. The van der Waals surface area contributed by atoms with Gasteiger partial charge in [-0.3, -0.25) is 0 Å². The van der Waals surface area contributed by atoms with E-state index >= 15 is 0 Å². The standard InChI is InChI=1S/C25H29ClF3N5/c1-13(2)34-10-8-16(9-11-34)19-12-20-24(31-15(4)32-25(20)33-22(19)26)30-14(3)17-6-5-7-18(21(17)27)23(28)29/h5-7,12-14,16,23H,8-11H2,1-4H3,(H,30,31,32,33)/t14-/m1/s1. The molecule has 2 aromatic heterocycles. The first kappa shape index (κ1) is 24.7. The Balaban J connectivity index is 1.68. The number of benzene rings is 1. The molecule has 1 saturated heterocycles. The molecule has 1 aliphatic rings. The van der Waals surface area contributed by atoms with E-state index in [2.05, 4.69) is 39.0 Å². The number of alkyl halides is 2. The number of halogens is 4. The number of aromatic nitrogens is 3. The summed E-state index contributed by atoms with van der Waals surface area (Å²) in [7, 11) is 0. The van der Waals surface area contributed by atoms with Gasteiger partial charge in [0.2, 0.25) is 0 Å². The molecule has 0 spiro atoms. The molecule has 0 bridgehead atoms. The average molecular weight is 492 g/mol. The predicted molar refractivity (Wildman–Crippen MR) is 129 cm³/mol. The van der Waals surface area contributed by atoms with Gasteiger partial charge in [0.15, 0.2) is 5.65 Å². The van der Waals surface area contributed by atoms with Gasteiger partial charge in [0, 0.05) is 11.6 Å². The number of anilines is 1. The highest BCUT2D eigenvalue weighted by molar-refractivity contribution is 6.30. The van der Waals surface area contributed by atoms with Crippen molar-refractivity contribution in [2.24, 2.45) is 0 Å². The highest BCUT2D eigenvalue weighted by Crippen LogP contribution is 2.36. The molecule has 1 fully saturated rings. The number of nitrogens with zero attached hydrogens (tertiary/aromatic N) is 4. The van der Waals surface area contributed by atoms with Crippen LogP contribution in [0.5, 0.6) is 0 Å². The third-order valence-electron chi connectivity index (χ3n) is 6.59. The second-order valence-electron chi connectivity index (χ2n) is 9.18. The van der Waals surface area contributed by atoms with E-state index in [1.165, 1.54) is 12.1 Å². The van der Waals surface area contributed by atoms with Gasteiger partial charge in [-0.25, -0.2) is 28.1 Å². The van der Waals surface area contributed by atoms with E-state index in [-0.39, 0.29) is 11.5 Å². The van der Waals surface area contributed by atoms with Crippen molar-refractivity contribution in [3.63, 3.8) is 0 Å². The summed E-state index contributed by atoms with van der Waals surface area (Å²) in [6, 6.07) is 5.90. The summed E-state index contributed by atoms with van der Waals surface area (Å²) in [5.74, 6) is 0.310. The average Bonchev–Trinajstić information content (AvgIpc) is 2.78. The zero-order valence-corrected chi connectivity index (χ0v) is 20.5. The van der Waals surface area contributed by atoms with Gasteiger partial charge in [-0.1, -0.05) is 29.8 Å². The number of nitrogens with one attached hydrogen (secondary N) is 1. The van der Waals surface area contributed by atoms with E-state index in [1.807, 2.05) is 6.07 Å². The minimum absolute atomic E-state index is 0.144. The molecular weight excluding hydrogens is 463 g/mol. The number of fused-ring (bicyclic) bond motifs is 1. The fraction of sp³-hybridized carbons (Fsp3) is 0.480. The molecule has 1 aliphatic heterocycles. The molecule has 1 N–H and O–H groups in total. The van der Waals surface area contributed by atoms with E-state index in [0.29, 0.717) is 33.9 Å². The van der Waals surface area contributed by atoms with Crippen LogP contribution in [0.15, 0.2) is 24.3 Å². The fourth-order valence-electron chi connectivity index (χ4n) is 4.63. The number of hydrogen-bond acceptors (Lipinski definition) is 5. The van der Waals surface area contributed by atoms with Crippen molar-refractivity contribution in [3.8, 4) is 0 Å². The summed E-state index contributed by atoms with van der Waals surface area (Å²) >= 11 is 6.58. The maximum atomic E-state index is 14.7. The van der Waals surface area contributed by atoms with Gasteiger partial charge >= 0.3 is 0 Å². The van der Waals surface area contributed by atoms with Crippen molar-refractivity contribution < 1.29 is 13.2 Å². The molecule has 3 heterocycles. The highest BCUT2D eigenvalue weighted by Gasteiger charge is 2.26. The van der Waals surface area contributed by atoms with Crippen molar-refractivity contribution in [2.75, 3.05) is 18.4 Å². The van der Waals surface area contributed by atoms with Crippen molar-refractivity contribution >= 4 is 28.5 Å². The molecule has 0 aliphatic carbocycles. The topological polar surface area (TPSA) is 53.9 Å². The van der Waals surface area contributed by atoms with Crippen molar-refractivity contribution in [1.29, 1.82) is 0 Å². The van der Waals surface area contributed by atoms with E-state index in [1.54, 1.807) is 13.8 Å². The van der Waals surface area contributed by atoms with Gasteiger partial charge in [-0.2, -0.15) is 0 Å². The molecule has 0 amide bonds. The lowest BCUT2D eigenvalue weighted by Crippen LogP contribution is -2.37. The summed E-state index contributed by atoms with van der Waals surface area (Å²) in [5.41, 5.74) is 0.924. The van der Waals surface area contributed by atoms with Crippen LogP contribution in [0.25, 0.3) is 11.0 Å². The lowest BCUT2D eigenvalue weighted by Gasteiger charge is -2.35. The van der Waals surface area contributed by atoms with Crippen LogP contribution in [0.3, 0.4) is 0 Å². The van der Waals surface area contributed by atoms with Crippen LogP contribution in [0.2, 0.25) is 5.15 Å². The number of aryl methyl sites for hydroxylation is 1. The molecule has 3 aromatic rings. The third kappa shape index (κ3) is 4.98. The molecule has 4 rings (SSSR count). The monoisotopic (exact) mass is 491 g/mol. The lowest BCUT2D eigenvalue weighted by molar-refractivity contribution is 0.146. The Bertz CT molecular complexity index is 1180. The minimum atomic E-state index is -2.88. The largest absolute Gasteiger partial charge is 0.363 e. The number of hydrogen-bond donors (Lipinski definition) is 1. The van der Waals surface area contributed by atoms with Gasteiger partial charge in [0.1, 0.15) is 22.6 Å². The Morgan fingerprint density at radius 1 is 1.06 bits per heavy atom. The van der Waals surface area contributed by atoms with Crippen LogP contribution >= 0.6 is 11.6 Å². The Morgan fingerprint density at radius 2 is 1.74 bits per heavy atom. The second-order valence-corrected chi connectivity index (χ2v) is 9.54. The summed E-state index contributed by atoms with van der Waals surface area (Å²) in [6.45, 7) is 9.82. The normalized spacial score (nSPS) is 16.5. The number of piperidine rings is 1. The third-order valence-corrected chi connectivity index (χ3v) is 6.90. The van der Waals surface area contributed by atoms with Crippen molar-refractivity contribution in [1.82, 2.24) is 19.9 Å². The zero-order chi connectivity index (χ0) is 24.6. The first-order valence-electron chi connectivity index (χ1n) is 11.6. The minimum Gasteiger partial charge on any atom is -0.363 e. The van der Waals surface area contributed by atoms with Crippen LogP contribution in [0, 0.1) is 12.7 Å². The van der Waals surface area contributed by atoms with E-state index in [4.69, 9.17) is 11.6 Å². The first-order valence-corrected chi connectivity index (χ1v) is 11.9. The molecule has 1 atom stereocenters. The quantitative estimate of drug-likeness (QED) is 0.383. The van der Waals surface area contributed by atoms with Gasteiger partial charge in [0.25, 0.3) is 6.43 Å². The number of likely N-dealkylation sites (tertiary alicyclic amines) is 1. The molecule has 9 heteroatoms. The van der Waals surface area contributed by atoms with Crippen molar-refractivity contribution in [2.45, 2.75) is 65.0 Å². The molecular formula is C25H29ClF3N5. The molecule has 34 heavy (non-hydrogen) atoms. The van der Waals surface area contributed by atoms with E-state index < -0.39 is 23.8 Å². The summed E-state index contributed by atoms with van der Waals surface area (Å²) in [4.78, 5) is 15.9. The van der Waals surface area contributed by atoms with Crippen LogP contribution in [-0.2, 0) is 0 Å². The number of rotatable bonds is 6. The van der Waals surface area contributed by atoms with Crippen LogP contribution in [0.4, 0.5) is 19.0 Å². The molecule has 0 unspecified atom stereocenters. The maximum Gasteiger partial charge on any atom is 0.266 e. The van der Waals surface area contributed by atoms with Crippen LogP contribution < -0.4 is 5.32 Å². The predicted octanol–water partition coefficient (Wildman–Crippen LogP) is 6.82. The van der Waals surface area contributed by atoms with Gasteiger partial charge in [-0.15, -0.1) is 0 Å². The van der Waals surface area contributed by atoms with Crippen molar-refractivity contribution in [3.05, 3.63) is 57.8 Å². The highest BCUT2D eigenvalue weighted by atomic mass is 35.5. The molecule has 1 aromatic carbocycles. The fourth-order valence-corrected chi connectivity index (χ4v) is 4.92. The van der Waals surface area contributed by atoms with E-state index in [9.17, 15) is 13.2 Å².